The summed E-state index contributed by atoms with van der Waals surface area (Å²) in [6.07, 6.45) is 0. The van der Waals surface area contributed by atoms with Gasteiger partial charge in [-0.2, -0.15) is 5.10 Å². The molecule has 0 atom stereocenters. The van der Waals surface area contributed by atoms with Crippen molar-refractivity contribution in [3.05, 3.63) is 46.2 Å². The minimum Gasteiger partial charge on any atom is -0.493 e. The summed E-state index contributed by atoms with van der Waals surface area (Å²) in [5, 5.41) is 7.35. The van der Waals surface area contributed by atoms with Gasteiger partial charge in [0, 0.05) is 24.7 Å². The first-order valence-electron chi connectivity index (χ1n) is 7.46. The van der Waals surface area contributed by atoms with Gasteiger partial charge in [0.2, 0.25) is 0 Å². The Bertz CT molecular complexity index is 693. The first-order valence-corrected chi connectivity index (χ1v) is 7.46. The minimum absolute atomic E-state index is 0.0784. The maximum atomic E-state index is 12.0. The lowest BCUT2D eigenvalue weighted by Gasteiger charge is -2.11. The molecule has 5 nitrogen and oxygen atoms in total. The molecule has 0 radical (unpaired) electrons. The van der Waals surface area contributed by atoms with Crippen LogP contribution in [0.4, 0.5) is 0 Å². The average molecular weight is 301 g/mol. The van der Waals surface area contributed by atoms with Crippen molar-refractivity contribution in [3.63, 3.8) is 0 Å². The van der Waals surface area contributed by atoms with Crippen molar-refractivity contribution in [2.24, 2.45) is 13.0 Å². The zero-order valence-corrected chi connectivity index (χ0v) is 13.6. The van der Waals surface area contributed by atoms with Crippen LogP contribution in [0.25, 0.3) is 11.3 Å². The van der Waals surface area contributed by atoms with E-state index >= 15 is 0 Å². The Morgan fingerprint density at radius 3 is 2.77 bits per heavy atom. The highest BCUT2D eigenvalue weighted by molar-refractivity contribution is 5.61. The first-order chi connectivity index (χ1) is 10.5. The molecule has 0 fully saturated rings. The van der Waals surface area contributed by atoms with E-state index in [0.717, 1.165) is 17.0 Å². The van der Waals surface area contributed by atoms with E-state index in [1.165, 1.54) is 4.68 Å². The van der Waals surface area contributed by atoms with Crippen molar-refractivity contribution in [1.82, 2.24) is 15.1 Å². The summed E-state index contributed by atoms with van der Waals surface area (Å²) < 4.78 is 7.13. The van der Waals surface area contributed by atoms with Crippen LogP contribution in [0.2, 0.25) is 0 Å². The van der Waals surface area contributed by atoms with Gasteiger partial charge in [-0.05, 0) is 31.2 Å². The van der Waals surface area contributed by atoms with Crippen LogP contribution >= 0.6 is 0 Å². The molecule has 2 rings (SSSR count). The Hall–Kier alpha value is -2.14. The van der Waals surface area contributed by atoms with Crippen LogP contribution < -0.4 is 15.6 Å². The predicted molar refractivity (Wildman–Crippen MR) is 88.0 cm³/mol. The van der Waals surface area contributed by atoms with E-state index in [2.05, 4.69) is 24.3 Å². The van der Waals surface area contributed by atoms with Crippen molar-refractivity contribution in [2.75, 3.05) is 13.7 Å². The largest absolute Gasteiger partial charge is 0.493 e. The first kappa shape index (κ1) is 16.2. The Morgan fingerprint density at radius 2 is 2.09 bits per heavy atom. The number of aromatic nitrogens is 2. The summed E-state index contributed by atoms with van der Waals surface area (Å²) in [6.45, 7) is 5.42. The second-order valence-corrected chi connectivity index (χ2v) is 5.75. The summed E-state index contributed by atoms with van der Waals surface area (Å²) in [4.78, 5) is 12.0. The highest BCUT2D eigenvalue weighted by Crippen LogP contribution is 2.22. The van der Waals surface area contributed by atoms with E-state index < -0.39 is 0 Å². The summed E-state index contributed by atoms with van der Waals surface area (Å²) in [7, 11) is 3.49. The van der Waals surface area contributed by atoms with E-state index in [0.29, 0.717) is 24.6 Å². The van der Waals surface area contributed by atoms with Gasteiger partial charge in [0.25, 0.3) is 5.56 Å². The molecule has 118 valence electrons. The van der Waals surface area contributed by atoms with Crippen LogP contribution in [0, 0.1) is 5.92 Å². The van der Waals surface area contributed by atoms with Gasteiger partial charge in [-0.15, -0.1) is 0 Å². The Morgan fingerprint density at radius 1 is 1.32 bits per heavy atom. The molecule has 1 heterocycles. The van der Waals surface area contributed by atoms with Gasteiger partial charge in [0.15, 0.2) is 0 Å². The fraction of sp³-hybridized carbons (Fsp3) is 0.412. The lowest BCUT2D eigenvalue weighted by atomic mass is 10.1. The van der Waals surface area contributed by atoms with Crippen LogP contribution in [0.3, 0.4) is 0 Å². The van der Waals surface area contributed by atoms with Gasteiger partial charge in [-0.3, -0.25) is 4.79 Å². The minimum atomic E-state index is -0.0784. The fourth-order valence-corrected chi connectivity index (χ4v) is 2.14. The predicted octanol–water partition coefficient (Wildman–Crippen LogP) is 2.20. The quantitative estimate of drug-likeness (QED) is 0.888. The Kier molecular flexibility index (Phi) is 5.33. The van der Waals surface area contributed by atoms with Crippen molar-refractivity contribution >= 4 is 0 Å². The van der Waals surface area contributed by atoms with Gasteiger partial charge < -0.3 is 10.1 Å². The Labute approximate surface area is 130 Å². The van der Waals surface area contributed by atoms with E-state index in [1.54, 1.807) is 7.05 Å². The number of aryl methyl sites for hydroxylation is 1. The van der Waals surface area contributed by atoms with Crippen molar-refractivity contribution in [1.29, 1.82) is 0 Å². The van der Waals surface area contributed by atoms with Crippen LogP contribution in [0.15, 0.2) is 35.1 Å². The zero-order valence-electron chi connectivity index (χ0n) is 13.6. The number of ether oxygens (including phenoxy) is 1. The molecule has 0 aliphatic heterocycles. The van der Waals surface area contributed by atoms with Gasteiger partial charge in [-0.1, -0.05) is 26.0 Å². The molecular formula is C17H23N3O2. The molecule has 2 aromatic rings. The number of nitrogens with zero attached hydrogens (tertiary/aromatic N) is 2. The number of hydrogen-bond acceptors (Lipinski definition) is 4. The number of rotatable bonds is 6. The SMILES string of the molecule is CNCc1cc(-c2cccc(OCC(C)C)c2)nn(C)c1=O. The third kappa shape index (κ3) is 3.95. The van der Waals surface area contributed by atoms with E-state index in [4.69, 9.17) is 4.74 Å². The molecule has 0 amide bonds. The molecule has 0 saturated carbocycles. The molecule has 5 heteroatoms. The van der Waals surface area contributed by atoms with Gasteiger partial charge in [-0.25, -0.2) is 4.68 Å². The monoisotopic (exact) mass is 301 g/mol. The molecule has 1 aromatic heterocycles. The molecule has 1 N–H and O–H groups in total. The second-order valence-electron chi connectivity index (χ2n) is 5.75. The van der Waals surface area contributed by atoms with Gasteiger partial charge >= 0.3 is 0 Å². The van der Waals surface area contributed by atoms with Gasteiger partial charge in [0.1, 0.15) is 5.75 Å². The number of hydrogen-bond donors (Lipinski definition) is 1. The highest BCUT2D eigenvalue weighted by atomic mass is 16.5. The molecule has 0 unspecified atom stereocenters. The van der Waals surface area contributed by atoms with Crippen LogP contribution in [-0.2, 0) is 13.6 Å². The van der Waals surface area contributed by atoms with E-state index in [1.807, 2.05) is 37.4 Å². The third-order valence-corrected chi connectivity index (χ3v) is 3.22. The Balaban J connectivity index is 2.35. The fourth-order valence-electron chi connectivity index (χ4n) is 2.14. The summed E-state index contributed by atoms with van der Waals surface area (Å²) in [5.41, 5.74) is 2.32. The standard InChI is InChI=1S/C17H23N3O2/c1-12(2)11-22-15-7-5-6-13(8-15)16-9-14(10-18-3)17(21)20(4)19-16/h5-9,12,18H,10-11H2,1-4H3. The van der Waals surface area contributed by atoms with Crippen molar-refractivity contribution in [3.8, 4) is 17.0 Å². The van der Waals surface area contributed by atoms with Crippen LogP contribution in [0.5, 0.6) is 5.75 Å². The lowest BCUT2D eigenvalue weighted by Crippen LogP contribution is -2.26. The highest BCUT2D eigenvalue weighted by Gasteiger charge is 2.08. The number of nitrogens with one attached hydrogen (secondary N) is 1. The smallest absolute Gasteiger partial charge is 0.271 e. The molecule has 0 aliphatic carbocycles. The van der Waals surface area contributed by atoms with Crippen LogP contribution in [0.1, 0.15) is 19.4 Å². The molecule has 0 aliphatic rings. The molecule has 22 heavy (non-hydrogen) atoms. The summed E-state index contributed by atoms with van der Waals surface area (Å²) in [6, 6.07) is 9.63. The second kappa shape index (κ2) is 7.22. The van der Waals surface area contributed by atoms with Gasteiger partial charge in [0.05, 0.1) is 12.3 Å². The summed E-state index contributed by atoms with van der Waals surface area (Å²) >= 11 is 0. The normalized spacial score (nSPS) is 11.0. The lowest BCUT2D eigenvalue weighted by molar-refractivity contribution is 0.271. The molecule has 0 spiro atoms. The van der Waals surface area contributed by atoms with E-state index in [9.17, 15) is 4.79 Å². The average Bonchev–Trinajstić information content (AvgIpc) is 2.50. The maximum Gasteiger partial charge on any atom is 0.271 e. The topological polar surface area (TPSA) is 56.1 Å². The molecule has 0 bridgehead atoms. The summed E-state index contributed by atoms with van der Waals surface area (Å²) in [5.74, 6) is 1.29. The number of benzene rings is 1. The third-order valence-electron chi connectivity index (χ3n) is 3.22. The molecule has 1 aromatic carbocycles. The zero-order chi connectivity index (χ0) is 16.1. The maximum absolute atomic E-state index is 12.0. The van der Waals surface area contributed by atoms with E-state index in [-0.39, 0.29) is 5.56 Å². The molecular weight excluding hydrogens is 278 g/mol. The van der Waals surface area contributed by atoms with Crippen molar-refractivity contribution < 1.29 is 4.74 Å². The van der Waals surface area contributed by atoms with Crippen molar-refractivity contribution in [2.45, 2.75) is 20.4 Å². The molecule has 0 saturated heterocycles. The van der Waals surface area contributed by atoms with Crippen LogP contribution in [-0.4, -0.2) is 23.4 Å².